The van der Waals surface area contributed by atoms with E-state index in [9.17, 15) is 0 Å². The average molecular weight is 252 g/mol. The lowest BCUT2D eigenvalue weighted by Gasteiger charge is -2.18. The summed E-state index contributed by atoms with van der Waals surface area (Å²) in [5, 5.41) is 8.29. The lowest BCUT2D eigenvalue weighted by atomic mass is 10.1. The van der Waals surface area contributed by atoms with E-state index >= 15 is 0 Å². The summed E-state index contributed by atoms with van der Waals surface area (Å²) >= 11 is 0. The fraction of sp³-hybridized carbons (Fsp3) is 0.188. The number of anilines is 1. The minimum absolute atomic E-state index is 0.574. The fourth-order valence-corrected chi connectivity index (χ4v) is 2.49. The Balaban J connectivity index is 1.93. The van der Waals surface area contributed by atoms with Crippen LogP contribution in [0.5, 0.6) is 0 Å². The summed E-state index contributed by atoms with van der Waals surface area (Å²) in [6.07, 6.45) is 0. The molecule has 0 fully saturated rings. The van der Waals surface area contributed by atoms with Crippen molar-refractivity contribution in [3.63, 3.8) is 0 Å². The topological polar surface area (TPSA) is 36.3 Å². The normalized spacial score (nSPS) is 13.7. The summed E-state index contributed by atoms with van der Waals surface area (Å²) in [5.41, 5.74) is 4.42. The zero-order valence-corrected chi connectivity index (χ0v) is 10.9. The Labute approximate surface area is 113 Å². The molecule has 3 rings (SSSR count). The number of ether oxygens (including phenoxy) is 1. The molecule has 3 heteroatoms. The standard InChI is InChI=1S/C16H16N2O/c1-19-11-12-5-4-7-14(9-12)18-10-13-6-2-3-8-15(13)16(18)17/h2-9,17H,10-11H2,1H3. The highest BCUT2D eigenvalue weighted by Gasteiger charge is 2.24. The van der Waals surface area contributed by atoms with Gasteiger partial charge in [-0.05, 0) is 23.3 Å². The van der Waals surface area contributed by atoms with Crippen molar-refractivity contribution >= 4 is 11.5 Å². The molecule has 3 nitrogen and oxygen atoms in total. The Bertz CT molecular complexity index is 622. The Morgan fingerprint density at radius 3 is 2.79 bits per heavy atom. The van der Waals surface area contributed by atoms with Gasteiger partial charge in [0.05, 0.1) is 13.2 Å². The van der Waals surface area contributed by atoms with Gasteiger partial charge >= 0.3 is 0 Å². The lowest BCUT2D eigenvalue weighted by Crippen LogP contribution is -2.23. The summed E-state index contributed by atoms with van der Waals surface area (Å²) in [7, 11) is 1.69. The van der Waals surface area contributed by atoms with Crippen molar-refractivity contribution in [1.29, 1.82) is 5.41 Å². The van der Waals surface area contributed by atoms with Gasteiger partial charge < -0.3 is 9.64 Å². The third kappa shape index (κ3) is 2.13. The maximum absolute atomic E-state index is 8.29. The molecule has 1 heterocycles. The van der Waals surface area contributed by atoms with E-state index in [0.717, 1.165) is 23.4 Å². The van der Waals surface area contributed by atoms with E-state index in [1.54, 1.807) is 7.11 Å². The number of rotatable bonds is 3. The first-order valence-corrected chi connectivity index (χ1v) is 6.32. The summed E-state index contributed by atoms with van der Waals surface area (Å²) in [6, 6.07) is 16.3. The predicted molar refractivity (Wildman–Crippen MR) is 76.6 cm³/mol. The first-order valence-electron chi connectivity index (χ1n) is 6.32. The highest BCUT2D eigenvalue weighted by Crippen LogP contribution is 2.28. The summed E-state index contributed by atoms with van der Waals surface area (Å²) in [5.74, 6) is 0.574. The number of hydrogen-bond acceptors (Lipinski definition) is 2. The minimum atomic E-state index is 0.574. The Morgan fingerprint density at radius 1 is 1.16 bits per heavy atom. The van der Waals surface area contributed by atoms with Crippen LogP contribution in [-0.2, 0) is 17.9 Å². The molecule has 2 aromatic rings. The first kappa shape index (κ1) is 11.9. The van der Waals surface area contributed by atoms with Gasteiger partial charge in [0.2, 0.25) is 0 Å². The molecule has 0 aromatic heterocycles. The molecular weight excluding hydrogens is 236 g/mol. The van der Waals surface area contributed by atoms with E-state index in [1.807, 2.05) is 41.3 Å². The monoisotopic (exact) mass is 252 g/mol. The van der Waals surface area contributed by atoms with Crippen molar-refractivity contribution in [3.8, 4) is 0 Å². The molecule has 0 saturated heterocycles. The van der Waals surface area contributed by atoms with Crippen LogP contribution in [0.2, 0.25) is 0 Å². The van der Waals surface area contributed by atoms with E-state index < -0.39 is 0 Å². The molecule has 1 aliphatic heterocycles. The summed E-state index contributed by atoms with van der Waals surface area (Å²) in [6.45, 7) is 1.37. The van der Waals surface area contributed by atoms with Crippen molar-refractivity contribution in [1.82, 2.24) is 0 Å². The van der Waals surface area contributed by atoms with Crippen molar-refractivity contribution in [3.05, 3.63) is 65.2 Å². The Morgan fingerprint density at radius 2 is 2.00 bits per heavy atom. The lowest BCUT2D eigenvalue weighted by molar-refractivity contribution is 0.185. The molecule has 1 aliphatic rings. The molecule has 1 N–H and O–H groups in total. The summed E-state index contributed by atoms with van der Waals surface area (Å²) < 4.78 is 5.16. The number of benzene rings is 2. The van der Waals surface area contributed by atoms with Gasteiger partial charge in [-0.15, -0.1) is 0 Å². The Hall–Kier alpha value is -2.13. The second-order valence-corrected chi connectivity index (χ2v) is 4.69. The van der Waals surface area contributed by atoms with Crippen LogP contribution in [0.3, 0.4) is 0 Å². The number of nitrogens with zero attached hydrogens (tertiary/aromatic N) is 1. The molecule has 2 aromatic carbocycles. The van der Waals surface area contributed by atoms with Crippen molar-refractivity contribution in [2.45, 2.75) is 13.2 Å². The fourth-order valence-electron chi connectivity index (χ4n) is 2.49. The van der Waals surface area contributed by atoms with E-state index in [-0.39, 0.29) is 0 Å². The molecule has 0 amide bonds. The van der Waals surface area contributed by atoms with E-state index in [1.165, 1.54) is 5.56 Å². The molecule has 96 valence electrons. The van der Waals surface area contributed by atoms with Crippen molar-refractivity contribution in [2.24, 2.45) is 0 Å². The molecule has 0 spiro atoms. The molecule has 0 atom stereocenters. The third-order valence-electron chi connectivity index (χ3n) is 3.40. The molecule has 0 bridgehead atoms. The highest BCUT2D eigenvalue weighted by molar-refractivity contribution is 6.11. The Kier molecular flexibility index (Phi) is 3.05. The van der Waals surface area contributed by atoms with Crippen molar-refractivity contribution in [2.75, 3.05) is 12.0 Å². The number of fused-ring (bicyclic) bond motifs is 1. The average Bonchev–Trinajstić information content (AvgIpc) is 2.78. The largest absolute Gasteiger partial charge is 0.380 e. The van der Waals surface area contributed by atoms with E-state index in [0.29, 0.717) is 12.4 Å². The van der Waals surface area contributed by atoms with Crippen LogP contribution in [-0.4, -0.2) is 12.9 Å². The molecule has 19 heavy (non-hydrogen) atoms. The van der Waals surface area contributed by atoms with E-state index in [4.69, 9.17) is 10.1 Å². The van der Waals surface area contributed by atoms with Crippen LogP contribution in [0.15, 0.2) is 48.5 Å². The van der Waals surface area contributed by atoms with Gasteiger partial charge in [-0.2, -0.15) is 0 Å². The van der Waals surface area contributed by atoms with Crippen LogP contribution < -0.4 is 4.90 Å². The van der Waals surface area contributed by atoms with Crippen LogP contribution in [0, 0.1) is 5.41 Å². The van der Waals surface area contributed by atoms with Gasteiger partial charge in [0, 0.05) is 18.4 Å². The molecule has 0 unspecified atom stereocenters. The van der Waals surface area contributed by atoms with Gasteiger partial charge in [-0.25, -0.2) is 0 Å². The minimum Gasteiger partial charge on any atom is -0.380 e. The quantitative estimate of drug-likeness (QED) is 0.910. The van der Waals surface area contributed by atoms with E-state index in [2.05, 4.69) is 12.1 Å². The van der Waals surface area contributed by atoms with Crippen molar-refractivity contribution < 1.29 is 4.74 Å². The van der Waals surface area contributed by atoms with Gasteiger partial charge in [-0.3, -0.25) is 5.41 Å². The van der Waals surface area contributed by atoms with Gasteiger partial charge in [0.25, 0.3) is 0 Å². The zero-order chi connectivity index (χ0) is 13.2. The SMILES string of the molecule is COCc1cccc(N2Cc3ccccc3C2=N)c1. The van der Waals surface area contributed by atoms with Gasteiger partial charge in [0.15, 0.2) is 0 Å². The van der Waals surface area contributed by atoms with Crippen LogP contribution in [0.1, 0.15) is 16.7 Å². The maximum atomic E-state index is 8.29. The number of methoxy groups -OCH3 is 1. The summed E-state index contributed by atoms with van der Waals surface area (Å²) in [4.78, 5) is 2.03. The molecule has 0 saturated carbocycles. The van der Waals surface area contributed by atoms with Crippen LogP contribution >= 0.6 is 0 Å². The number of amidine groups is 1. The molecular formula is C16H16N2O. The zero-order valence-electron chi connectivity index (χ0n) is 10.9. The van der Waals surface area contributed by atoms with Crippen LogP contribution in [0.4, 0.5) is 5.69 Å². The molecule has 0 radical (unpaired) electrons. The maximum Gasteiger partial charge on any atom is 0.133 e. The smallest absolute Gasteiger partial charge is 0.133 e. The number of nitrogens with one attached hydrogen (secondary N) is 1. The van der Waals surface area contributed by atoms with Gasteiger partial charge in [0.1, 0.15) is 5.84 Å². The van der Waals surface area contributed by atoms with Crippen LogP contribution in [0.25, 0.3) is 0 Å². The second-order valence-electron chi connectivity index (χ2n) is 4.69. The number of hydrogen-bond donors (Lipinski definition) is 1. The van der Waals surface area contributed by atoms with Gasteiger partial charge in [-0.1, -0.05) is 36.4 Å². The highest BCUT2D eigenvalue weighted by atomic mass is 16.5. The third-order valence-corrected chi connectivity index (χ3v) is 3.40. The molecule has 0 aliphatic carbocycles. The first-order chi connectivity index (χ1) is 9.29. The second kappa shape index (κ2) is 4.86. The predicted octanol–water partition coefficient (Wildman–Crippen LogP) is 3.18.